The fourth-order valence-electron chi connectivity index (χ4n) is 7.90. The fourth-order valence-corrected chi connectivity index (χ4v) is 7.90. The maximum absolute atomic E-state index is 2.46. The van der Waals surface area contributed by atoms with Gasteiger partial charge in [0.25, 0.3) is 0 Å². The van der Waals surface area contributed by atoms with Crippen LogP contribution in [-0.4, -0.2) is 0 Å². The van der Waals surface area contributed by atoms with Gasteiger partial charge in [0.1, 0.15) is 0 Å². The van der Waals surface area contributed by atoms with Gasteiger partial charge in [-0.15, -0.1) is 0 Å². The third-order valence-electron chi connectivity index (χ3n) is 10.1. The molecule has 0 saturated carbocycles. The normalized spacial score (nSPS) is 13.3. The predicted octanol–water partition coefficient (Wildman–Crippen LogP) is 12.5. The Hall–Kier alpha value is -5.46. The van der Waals surface area contributed by atoms with Crippen LogP contribution in [0.25, 0.3) is 76.8 Å². The Labute approximate surface area is 264 Å². The molecule has 0 heterocycles. The van der Waals surface area contributed by atoms with Gasteiger partial charge in [-0.25, -0.2) is 0 Å². The molecule has 0 heteroatoms. The molecule has 9 rings (SSSR count). The van der Waals surface area contributed by atoms with Crippen LogP contribution < -0.4 is 0 Å². The second-order valence-electron chi connectivity index (χ2n) is 12.9. The first kappa shape index (κ1) is 26.0. The molecule has 0 N–H and O–H groups in total. The molecule has 0 spiro atoms. The average molecular weight is 573 g/mol. The first-order chi connectivity index (χ1) is 22.1. The summed E-state index contributed by atoms with van der Waals surface area (Å²) in [6.07, 6.45) is 0. The highest BCUT2D eigenvalue weighted by atomic mass is 14.4. The van der Waals surface area contributed by atoms with Crippen molar-refractivity contribution in [2.24, 2.45) is 0 Å². The highest BCUT2D eigenvalue weighted by Gasteiger charge is 2.35. The van der Waals surface area contributed by atoms with Gasteiger partial charge in [0.05, 0.1) is 0 Å². The van der Waals surface area contributed by atoms with Gasteiger partial charge in [-0.1, -0.05) is 166 Å². The molecular weight excluding hydrogens is 540 g/mol. The largest absolute Gasteiger partial charge is 0.0619 e. The fraction of sp³-hybridized carbons (Fsp3) is 0.0667. The minimum absolute atomic E-state index is 0.0424. The van der Waals surface area contributed by atoms with E-state index in [1.807, 2.05) is 0 Å². The second kappa shape index (κ2) is 9.78. The highest BCUT2D eigenvalue weighted by Crippen LogP contribution is 2.51. The lowest BCUT2D eigenvalue weighted by Crippen LogP contribution is -2.14. The summed E-state index contributed by atoms with van der Waals surface area (Å²) in [5, 5.41) is 7.70. The summed E-state index contributed by atoms with van der Waals surface area (Å²) in [4.78, 5) is 0. The average Bonchev–Trinajstić information content (AvgIpc) is 3.32. The lowest BCUT2D eigenvalue weighted by Gasteiger charge is -2.23. The SMILES string of the molecule is CC1(C)c2ccccc2-c2ccc(-c3c4ccccc4c(-c4ccc(-c5cccc6ccccc56)cc4)c4ccccc34)cc21. The number of rotatable bonds is 3. The van der Waals surface area contributed by atoms with Gasteiger partial charge >= 0.3 is 0 Å². The van der Waals surface area contributed by atoms with E-state index < -0.39 is 0 Å². The van der Waals surface area contributed by atoms with Crippen LogP contribution in [0.3, 0.4) is 0 Å². The Morgan fingerprint density at radius 1 is 0.333 bits per heavy atom. The third kappa shape index (κ3) is 3.85. The Bertz CT molecular complexity index is 2380. The minimum atomic E-state index is -0.0424. The van der Waals surface area contributed by atoms with Crippen molar-refractivity contribution in [1.82, 2.24) is 0 Å². The van der Waals surface area contributed by atoms with Gasteiger partial charge < -0.3 is 0 Å². The van der Waals surface area contributed by atoms with Gasteiger partial charge in [-0.2, -0.15) is 0 Å². The molecule has 1 aliphatic carbocycles. The summed E-state index contributed by atoms with van der Waals surface area (Å²) >= 11 is 0. The molecule has 0 aliphatic heterocycles. The molecule has 0 bridgehead atoms. The lowest BCUT2D eigenvalue weighted by molar-refractivity contribution is 0.660. The van der Waals surface area contributed by atoms with Crippen LogP contribution in [0.4, 0.5) is 0 Å². The topological polar surface area (TPSA) is 0 Å². The number of hydrogen-bond acceptors (Lipinski definition) is 0. The van der Waals surface area contributed by atoms with Crippen LogP contribution in [0.15, 0.2) is 158 Å². The molecule has 0 unspecified atom stereocenters. The summed E-state index contributed by atoms with van der Waals surface area (Å²) in [7, 11) is 0. The van der Waals surface area contributed by atoms with Gasteiger partial charge in [-0.3, -0.25) is 0 Å². The van der Waals surface area contributed by atoms with Gasteiger partial charge in [-0.05, 0) is 94.0 Å². The molecule has 0 amide bonds. The van der Waals surface area contributed by atoms with E-state index in [0.29, 0.717) is 0 Å². The molecule has 0 aromatic heterocycles. The van der Waals surface area contributed by atoms with Crippen LogP contribution in [-0.2, 0) is 5.41 Å². The van der Waals surface area contributed by atoms with E-state index in [4.69, 9.17) is 0 Å². The van der Waals surface area contributed by atoms with Crippen LogP contribution in [0.1, 0.15) is 25.0 Å². The molecule has 0 nitrogen and oxygen atoms in total. The van der Waals surface area contributed by atoms with E-state index in [0.717, 1.165) is 0 Å². The lowest BCUT2D eigenvalue weighted by atomic mass is 9.80. The monoisotopic (exact) mass is 572 g/mol. The zero-order chi connectivity index (χ0) is 30.1. The van der Waals surface area contributed by atoms with Crippen molar-refractivity contribution in [2.75, 3.05) is 0 Å². The van der Waals surface area contributed by atoms with Crippen molar-refractivity contribution in [2.45, 2.75) is 19.3 Å². The minimum Gasteiger partial charge on any atom is -0.0619 e. The third-order valence-corrected chi connectivity index (χ3v) is 10.1. The first-order valence-electron chi connectivity index (χ1n) is 15.9. The molecule has 45 heavy (non-hydrogen) atoms. The predicted molar refractivity (Wildman–Crippen MR) is 193 cm³/mol. The highest BCUT2D eigenvalue weighted by molar-refractivity contribution is 6.21. The van der Waals surface area contributed by atoms with Gasteiger partial charge in [0, 0.05) is 5.41 Å². The maximum atomic E-state index is 2.46. The zero-order valence-corrected chi connectivity index (χ0v) is 25.5. The van der Waals surface area contributed by atoms with E-state index in [2.05, 4.69) is 172 Å². The molecule has 0 atom stereocenters. The summed E-state index contributed by atoms with van der Waals surface area (Å²) in [5.41, 5.74) is 13.1. The molecule has 0 radical (unpaired) electrons. The van der Waals surface area contributed by atoms with E-state index in [1.54, 1.807) is 0 Å². The van der Waals surface area contributed by atoms with Crippen LogP contribution in [0.2, 0.25) is 0 Å². The molecule has 0 saturated heterocycles. The molecule has 0 fully saturated rings. The summed E-state index contributed by atoms with van der Waals surface area (Å²) in [5.74, 6) is 0. The summed E-state index contributed by atoms with van der Waals surface area (Å²) < 4.78 is 0. The summed E-state index contributed by atoms with van der Waals surface area (Å²) in [6, 6.07) is 58.4. The number of hydrogen-bond donors (Lipinski definition) is 0. The Morgan fingerprint density at radius 2 is 0.800 bits per heavy atom. The smallest absolute Gasteiger partial charge is 0.0159 e. The van der Waals surface area contributed by atoms with Crippen LogP contribution in [0, 0.1) is 0 Å². The molecular formula is C45H32. The molecule has 212 valence electrons. The van der Waals surface area contributed by atoms with Crippen molar-refractivity contribution in [3.8, 4) is 44.5 Å². The Morgan fingerprint density at radius 3 is 1.49 bits per heavy atom. The maximum Gasteiger partial charge on any atom is 0.0159 e. The Balaban J connectivity index is 1.25. The van der Waals surface area contributed by atoms with Crippen molar-refractivity contribution in [1.29, 1.82) is 0 Å². The zero-order valence-electron chi connectivity index (χ0n) is 25.5. The molecule has 8 aromatic carbocycles. The second-order valence-corrected chi connectivity index (χ2v) is 12.9. The van der Waals surface area contributed by atoms with Crippen molar-refractivity contribution in [3.63, 3.8) is 0 Å². The summed E-state index contributed by atoms with van der Waals surface area (Å²) in [6.45, 7) is 4.73. The van der Waals surface area contributed by atoms with Crippen molar-refractivity contribution in [3.05, 3.63) is 169 Å². The molecule has 1 aliphatic rings. The van der Waals surface area contributed by atoms with Crippen molar-refractivity contribution >= 4 is 32.3 Å². The Kier molecular flexibility index (Phi) is 5.64. The van der Waals surface area contributed by atoms with Gasteiger partial charge in [0.15, 0.2) is 0 Å². The van der Waals surface area contributed by atoms with Crippen LogP contribution in [0.5, 0.6) is 0 Å². The van der Waals surface area contributed by atoms with E-state index in [1.165, 1.54) is 88.0 Å². The van der Waals surface area contributed by atoms with E-state index in [-0.39, 0.29) is 5.41 Å². The first-order valence-corrected chi connectivity index (χ1v) is 15.9. The van der Waals surface area contributed by atoms with Crippen LogP contribution >= 0.6 is 0 Å². The quantitative estimate of drug-likeness (QED) is 0.185. The number of fused-ring (bicyclic) bond motifs is 6. The van der Waals surface area contributed by atoms with Gasteiger partial charge in [0.2, 0.25) is 0 Å². The number of benzene rings is 8. The standard InChI is InChI=1S/C45H32/c1-45(2)41-21-10-9-15-35(41)36-27-26-32(28-42(36)45)44-39-18-7-5-16-37(39)43(38-17-6-8-19-40(38)44)31-24-22-30(23-25-31)34-20-11-13-29-12-3-4-14-33(29)34/h3-28H,1-2H3. The van der Waals surface area contributed by atoms with E-state index in [9.17, 15) is 0 Å². The molecule has 8 aromatic rings. The van der Waals surface area contributed by atoms with Crippen molar-refractivity contribution < 1.29 is 0 Å². The van der Waals surface area contributed by atoms with E-state index >= 15 is 0 Å².